The van der Waals surface area contributed by atoms with Crippen molar-refractivity contribution < 1.29 is 19.0 Å². The van der Waals surface area contributed by atoms with Gasteiger partial charge in [0.2, 0.25) is 0 Å². The fourth-order valence-electron chi connectivity index (χ4n) is 3.29. The van der Waals surface area contributed by atoms with E-state index in [0.29, 0.717) is 19.2 Å². The summed E-state index contributed by atoms with van der Waals surface area (Å²) >= 11 is 0. The molecular weight excluding hydrogens is 485 g/mol. The molecular formula is C21H34IN3O4. The molecule has 1 saturated carbocycles. The van der Waals surface area contributed by atoms with Gasteiger partial charge in [-0.3, -0.25) is 9.79 Å². The number of carbonyl (C=O) groups is 1. The Hall–Kier alpha value is -1.71. The third kappa shape index (κ3) is 8.67. The van der Waals surface area contributed by atoms with E-state index in [1.165, 1.54) is 0 Å². The third-order valence-corrected chi connectivity index (χ3v) is 4.87. The number of nitrogens with zero attached hydrogens (tertiary/aromatic N) is 1. The van der Waals surface area contributed by atoms with Crippen molar-refractivity contribution in [3.8, 4) is 11.5 Å². The molecule has 0 radical (unpaired) electrons. The molecule has 2 rings (SSSR count). The van der Waals surface area contributed by atoms with Gasteiger partial charge < -0.3 is 24.8 Å². The van der Waals surface area contributed by atoms with Gasteiger partial charge in [-0.05, 0) is 63.8 Å². The van der Waals surface area contributed by atoms with Crippen LogP contribution in [0.25, 0.3) is 0 Å². The molecule has 2 N–H and O–H groups in total. The van der Waals surface area contributed by atoms with Gasteiger partial charge >= 0.3 is 5.97 Å². The number of methoxy groups -OCH3 is 1. The van der Waals surface area contributed by atoms with E-state index in [-0.39, 0.29) is 42.0 Å². The molecule has 1 aliphatic rings. The van der Waals surface area contributed by atoms with Crippen LogP contribution in [0.4, 0.5) is 0 Å². The SMILES string of the molecule is CCOC(=O)C1CCC(NC(=NC)NCC(C)Oc2ccc(OC)cc2)CC1.I. The fraction of sp³-hybridized carbons (Fsp3) is 0.619. The predicted octanol–water partition coefficient (Wildman–Crippen LogP) is 3.37. The molecule has 1 aromatic rings. The highest BCUT2D eigenvalue weighted by Gasteiger charge is 2.27. The first-order valence-electron chi connectivity index (χ1n) is 10.00. The highest BCUT2D eigenvalue weighted by atomic mass is 127. The molecule has 0 amide bonds. The summed E-state index contributed by atoms with van der Waals surface area (Å²) in [5, 5.41) is 6.76. The average Bonchev–Trinajstić information content (AvgIpc) is 2.72. The van der Waals surface area contributed by atoms with Crippen LogP contribution in [0.15, 0.2) is 29.3 Å². The highest BCUT2D eigenvalue weighted by molar-refractivity contribution is 14.0. The lowest BCUT2D eigenvalue weighted by atomic mass is 9.86. The molecule has 0 aromatic heterocycles. The van der Waals surface area contributed by atoms with Crippen LogP contribution in [0.3, 0.4) is 0 Å². The molecule has 7 nitrogen and oxygen atoms in total. The smallest absolute Gasteiger partial charge is 0.308 e. The van der Waals surface area contributed by atoms with Gasteiger partial charge in [-0.25, -0.2) is 0 Å². The second kappa shape index (κ2) is 13.5. The van der Waals surface area contributed by atoms with E-state index in [2.05, 4.69) is 15.6 Å². The van der Waals surface area contributed by atoms with Crippen LogP contribution in [-0.2, 0) is 9.53 Å². The number of ether oxygens (including phenoxy) is 3. The van der Waals surface area contributed by atoms with Crippen molar-refractivity contribution in [1.29, 1.82) is 0 Å². The van der Waals surface area contributed by atoms with E-state index < -0.39 is 0 Å². The van der Waals surface area contributed by atoms with E-state index in [4.69, 9.17) is 14.2 Å². The number of hydrogen-bond acceptors (Lipinski definition) is 5. The van der Waals surface area contributed by atoms with Crippen molar-refractivity contribution >= 4 is 35.9 Å². The molecule has 1 aromatic carbocycles. The van der Waals surface area contributed by atoms with E-state index in [1.54, 1.807) is 14.2 Å². The molecule has 0 saturated heterocycles. The van der Waals surface area contributed by atoms with Gasteiger partial charge in [0.15, 0.2) is 5.96 Å². The maximum Gasteiger partial charge on any atom is 0.308 e. The largest absolute Gasteiger partial charge is 0.497 e. The van der Waals surface area contributed by atoms with Crippen molar-refractivity contribution in [3.05, 3.63) is 24.3 Å². The normalized spacial score (nSPS) is 20.1. The Morgan fingerprint density at radius 3 is 2.34 bits per heavy atom. The van der Waals surface area contributed by atoms with E-state index in [9.17, 15) is 4.79 Å². The van der Waals surface area contributed by atoms with Gasteiger partial charge in [-0.15, -0.1) is 24.0 Å². The number of rotatable bonds is 8. The van der Waals surface area contributed by atoms with Crippen molar-refractivity contribution in [2.24, 2.45) is 10.9 Å². The van der Waals surface area contributed by atoms with Crippen molar-refractivity contribution in [2.45, 2.75) is 51.7 Å². The summed E-state index contributed by atoms with van der Waals surface area (Å²) in [5.74, 6) is 2.33. The van der Waals surface area contributed by atoms with Crippen LogP contribution in [0.2, 0.25) is 0 Å². The van der Waals surface area contributed by atoms with Crippen LogP contribution in [-0.4, -0.2) is 51.4 Å². The van der Waals surface area contributed by atoms with Crippen LogP contribution >= 0.6 is 24.0 Å². The molecule has 1 fully saturated rings. The Labute approximate surface area is 191 Å². The summed E-state index contributed by atoms with van der Waals surface area (Å²) in [5.41, 5.74) is 0. The number of hydrogen-bond donors (Lipinski definition) is 2. The average molecular weight is 519 g/mol. The third-order valence-electron chi connectivity index (χ3n) is 4.87. The van der Waals surface area contributed by atoms with Crippen molar-refractivity contribution in [1.82, 2.24) is 10.6 Å². The molecule has 8 heteroatoms. The first-order valence-corrected chi connectivity index (χ1v) is 10.00. The van der Waals surface area contributed by atoms with Crippen molar-refractivity contribution in [2.75, 3.05) is 27.3 Å². The Balaban J connectivity index is 0.00000420. The van der Waals surface area contributed by atoms with Gasteiger partial charge in [0.1, 0.15) is 17.6 Å². The number of halogens is 1. The number of nitrogens with one attached hydrogen (secondary N) is 2. The summed E-state index contributed by atoms with van der Waals surface area (Å²) in [6, 6.07) is 7.86. The summed E-state index contributed by atoms with van der Waals surface area (Å²) in [7, 11) is 3.40. The lowest BCUT2D eigenvalue weighted by Crippen LogP contribution is -2.47. The summed E-state index contributed by atoms with van der Waals surface area (Å²) < 4.78 is 16.2. The molecule has 0 heterocycles. The lowest BCUT2D eigenvalue weighted by Gasteiger charge is -2.29. The van der Waals surface area contributed by atoms with E-state index in [0.717, 1.165) is 43.1 Å². The van der Waals surface area contributed by atoms with Crippen molar-refractivity contribution in [3.63, 3.8) is 0 Å². The summed E-state index contributed by atoms with van der Waals surface area (Å²) in [6.07, 6.45) is 3.55. The minimum Gasteiger partial charge on any atom is -0.497 e. The quantitative estimate of drug-likeness (QED) is 0.237. The molecule has 0 spiro atoms. The summed E-state index contributed by atoms with van der Waals surface area (Å²) in [6.45, 7) is 4.93. The van der Waals surface area contributed by atoms with E-state index >= 15 is 0 Å². The first-order chi connectivity index (χ1) is 13.5. The van der Waals surface area contributed by atoms with Crippen LogP contribution in [0.5, 0.6) is 11.5 Å². The number of esters is 1. The maximum atomic E-state index is 11.8. The Bertz CT molecular complexity index is 631. The number of aliphatic imine (C=N–C) groups is 1. The molecule has 164 valence electrons. The van der Waals surface area contributed by atoms with Gasteiger partial charge in [-0.2, -0.15) is 0 Å². The van der Waals surface area contributed by atoms with Gasteiger partial charge in [0.25, 0.3) is 0 Å². The van der Waals surface area contributed by atoms with Gasteiger partial charge in [0.05, 0.1) is 26.2 Å². The van der Waals surface area contributed by atoms with Gasteiger partial charge in [-0.1, -0.05) is 0 Å². The second-order valence-corrected chi connectivity index (χ2v) is 7.00. The summed E-state index contributed by atoms with van der Waals surface area (Å²) in [4.78, 5) is 16.1. The minimum atomic E-state index is -0.0621. The topological polar surface area (TPSA) is 81.2 Å². The maximum absolute atomic E-state index is 11.8. The molecule has 29 heavy (non-hydrogen) atoms. The molecule has 0 bridgehead atoms. The molecule has 1 unspecified atom stereocenters. The van der Waals surface area contributed by atoms with Crippen LogP contribution in [0.1, 0.15) is 39.5 Å². The Kier molecular flexibility index (Phi) is 11.8. The first kappa shape index (κ1) is 25.3. The fourth-order valence-corrected chi connectivity index (χ4v) is 3.29. The monoisotopic (exact) mass is 519 g/mol. The standard InChI is InChI=1S/C21H33N3O4.HI/c1-5-27-20(25)16-6-8-17(9-7-16)24-21(22-3)23-14-15(2)28-19-12-10-18(26-4)11-13-19;/h10-13,15-17H,5-9,14H2,1-4H3,(H2,22,23,24);1H. The van der Waals surface area contributed by atoms with Crippen LogP contribution in [0, 0.1) is 5.92 Å². The molecule has 1 atom stereocenters. The zero-order chi connectivity index (χ0) is 20.4. The number of guanidine groups is 1. The predicted molar refractivity (Wildman–Crippen MR) is 125 cm³/mol. The zero-order valence-corrected chi connectivity index (χ0v) is 20.1. The van der Waals surface area contributed by atoms with Gasteiger partial charge in [0, 0.05) is 13.1 Å². The van der Waals surface area contributed by atoms with Crippen LogP contribution < -0.4 is 20.1 Å². The highest BCUT2D eigenvalue weighted by Crippen LogP contribution is 2.25. The minimum absolute atomic E-state index is 0. The number of carbonyl (C=O) groups excluding carboxylic acids is 1. The lowest BCUT2D eigenvalue weighted by molar-refractivity contribution is -0.149. The second-order valence-electron chi connectivity index (χ2n) is 7.00. The Morgan fingerprint density at radius 1 is 1.17 bits per heavy atom. The molecule has 1 aliphatic carbocycles. The van der Waals surface area contributed by atoms with E-state index in [1.807, 2.05) is 38.1 Å². The number of benzene rings is 1. The zero-order valence-electron chi connectivity index (χ0n) is 17.8. The Morgan fingerprint density at radius 2 is 1.79 bits per heavy atom. The molecule has 0 aliphatic heterocycles.